The molecule has 1 N–H and O–H groups in total. The van der Waals surface area contributed by atoms with Crippen LogP contribution in [0.3, 0.4) is 0 Å². The summed E-state index contributed by atoms with van der Waals surface area (Å²) in [6, 6.07) is 9.97. The minimum atomic E-state index is -0.553. The van der Waals surface area contributed by atoms with E-state index in [1.165, 1.54) is 25.3 Å². The first-order valence-corrected chi connectivity index (χ1v) is 9.83. The molecule has 1 aliphatic carbocycles. The number of ether oxygens (including phenoxy) is 3. The van der Waals surface area contributed by atoms with E-state index in [2.05, 4.69) is 5.32 Å². The second kappa shape index (κ2) is 9.47. The molecule has 3 rings (SSSR count). The van der Waals surface area contributed by atoms with Gasteiger partial charge < -0.3 is 19.5 Å². The molecule has 2 aromatic rings. The maximum Gasteiger partial charge on any atom is 0.311 e. The van der Waals surface area contributed by atoms with Crippen molar-refractivity contribution in [3.8, 4) is 17.2 Å². The van der Waals surface area contributed by atoms with Crippen molar-refractivity contribution in [1.29, 1.82) is 0 Å². The lowest BCUT2D eigenvalue weighted by molar-refractivity contribution is -0.385. The number of nitro benzene ring substituents is 1. The predicted molar refractivity (Wildman–Crippen MR) is 112 cm³/mol. The Labute approximate surface area is 175 Å². The Balaban J connectivity index is 1.83. The van der Waals surface area contributed by atoms with Gasteiger partial charge in [0, 0.05) is 23.6 Å². The van der Waals surface area contributed by atoms with Gasteiger partial charge in [0.05, 0.1) is 26.3 Å². The van der Waals surface area contributed by atoms with Gasteiger partial charge in [-0.05, 0) is 42.7 Å². The number of rotatable bonds is 7. The van der Waals surface area contributed by atoms with E-state index in [9.17, 15) is 14.9 Å². The number of benzene rings is 2. The van der Waals surface area contributed by atoms with E-state index in [1.54, 1.807) is 14.2 Å². The highest BCUT2D eigenvalue weighted by atomic mass is 16.6. The van der Waals surface area contributed by atoms with E-state index < -0.39 is 4.92 Å². The molecule has 1 fully saturated rings. The lowest BCUT2D eigenvalue weighted by Crippen LogP contribution is -2.41. The third-order valence-electron chi connectivity index (χ3n) is 5.56. The van der Waals surface area contributed by atoms with Crippen molar-refractivity contribution in [1.82, 2.24) is 5.32 Å². The molecule has 8 nitrogen and oxygen atoms in total. The number of hydrogen-bond donors (Lipinski definition) is 1. The molecule has 0 spiro atoms. The molecule has 0 heterocycles. The summed E-state index contributed by atoms with van der Waals surface area (Å²) in [4.78, 5) is 23.6. The van der Waals surface area contributed by atoms with E-state index in [0.29, 0.717) is 11.5 Å². The zero-order valence-electron chi connectivity index (χ0n) is 17.3. The molecule has 0 radical (unpaired) electrons. The van der Waals surface area contributed by atoms with Gasteiger partial charge in [0.2, 0.25) is 0 Å². The molecule has 1 amide bonds. The molecule has 8 heteroatoms. The van der Waals surface area contributed by atoms with Crippen LogP contribution in [0.2, 0.25) is 0 Å². The molecular weight excluding hydrogens is 388 g/mol. The largest absolute Gasteiger partial charge is 0.493 e. The fraction of sp³-hybridized carbons (Fsp3) is 0.409. The summed E-state index contributed by atoms with van der Waals surface area (Å²) in [5.74, 6) is 1.21. The highest BCUT2D eigenvalue weighted by Gasteiger charge is 2.29. The molecule has 0 bridgehead atoms. The van der Waals surface area contributed by atoms with Crippen LogP contribution in [-0.4, -0.2) is 38.2 Å². The summed E-state index contributed by atoms with van der Waals surface area (Å²) < 4.78 is 15.8. The molecule has 1 saturated carbocycles. The number of carbonyl (C=O) groups excluding carboxylic acids is 1. The fourth-order valence-corrected chi connectivity index (χ4v) is 4.01. The van der Waals surface area contributed by atoms with Gasteiger partial charge in [-0.3, -0.25) is 14.9 Å². The lowest BCUT2D eigenvalue weighted by atomic mass is 9.79. The summed E-state index contributed by atoms with van der Waals surface area (Å²) in [6.45, 7) is 0. The van der Waals surface area contributed by atoms with Gasteiger partial charge in [0.1, 0.15) is 0 Å². The van der Waals surface area contributed by atoms with Gasteiger partial charge in [-0.25, -0.2) is 0 Å². The summed E-state index contributed by atoms with van der Waals surface area (Å²) in [5, 5.41) is 14.3. The van der Waals surface area contributed by atoms with Gasteiger partial charge >= 0.3 is 5.69 Å². The Hall–Kier alpha value is -3.29. The number of nitrogens with zero attached hydrogens (tertiary/aromatic N) is 1. The second-order valence-electron chi connectivity index (χ2n) is 7.23. The van der Waals surface area contributed by atoms with Crippen LogP contribution in [0.1, 0.15) is 47.5 Å². The Bertz CT molecular complexity index is 930. The van der Waals surface area contributed by atoms with Crippen molar-refractivity contribution in [2.75, 3.05) is 21.3 Å². The van der Waals surface area contributed by atoms with Gasteiger partial charge in [-0.2, -0.15) is 0 Å². The molecule has 30 heavy (non-hydrogen) atoms. The van der Waals surface area contributed by atoms with Crippen LogP contribution in [0.5, 0.6) is 17.2 Å². The van der Waals surface area contributed by atoms with E-state index >= 15 is 0 Å². The highest BCUT2D eigenvalue weighted by molar-refractivity contribution is 5.95. The van der Waals surface area contributed by atoms with Crippen LogP contribution < -0.4 is 19.5 Å². The van der Waals surface area contributed by atoms with Crippen molar-refractivity contribution in [3.63, 3.8) is 0 Å². The zero-order chi connectivity index (χ0) is 21.7. The molecule has 0 saturated heterocycles. The number of carbonyl (C=O) groups is 1. The third kappa shape index (κ3) is 4.48. The Kier molecular flexibility index (Phi) is 6.76. The van der Waals surface area contributed by atoms with Crippen molar-refractivity contribution < 1.29 is 23.9 Å². The molecule has 2 atom stereocenters. The summed E-state index contributed by atoms with van der Waals surface area (Å²) in [5.41, 5.74) is 1.07. The average Bonchev–Trinajstić information content (AvgIpc) is 2.78. The van der Waals surface area contributed by atoms with Crippen LogP contribution in [0.4, 0.5) is 5.69 Å². The Morgan fingerprint density at radius 1 is 0.967 bits per heavy atom. The molecule has 2 unspecified atom stereocenters. The summed E-state index contributed by atoms with van der Waals surface area (Å²) >= 11 is 0. The van der Waals surface area contributed by atoms with E-state index in [1.807, 2.05) is 18.2 Å². The monoisotopic (exact) mass is 414 g/mol. The van der Waals surface area contributed by atoms with Crippen molar-refractivity contribution in [2.45, 2.75) is 37.6 Å². The number of hydrogen-bond acceptors (Lipinski definition) is 6. The molecule has 2 aromatic carbocycles. The van der Waals surface area contributed by atoms with E-state index in [0.717, 1.165) is 31.2 Å². The first-order valence-electron chi connectivity index (χ1n) is 9.83. The van der Waals surface area contributed by atoms with Crippen molar-refractivity contribution >= 4 is 11.6 Å². The van der Waals surface area contributed by atoms with Crippen LogP contribution in [-0.2, 0) is 0 Å². The van der Waals surface area contributed by atoms with Gasteiger partial charge in [-0.15, -0.1) is 0 Å². The van der Waals surface area contributed by atoms with Crippen LogP contribution in [0.25, 0.3) is 0 Å². The summed E-state index contributed by atoms with van der Waals surface area (Å²) in [6.07, 6.45) is 3.85. The van der Waals surface area contributed by atoms with Crippen LogP contribution in [0, 0.1) is 10.1 Å². The SMILES string of the molecule is COc1ccc(C2CCCCC2NC(=O)c2ccc(OC)c([N+](=O)[O-])c2)cc1OC. The molecule has 1 aliphatic rings. The molecule has 160 valence electrons. The van der Waals surface area contributed by atoms with Gasteiger partial charge in [0.25, 0.3) is 5.91 Å². The number of methoxy groups -OCH3 is 3. The summed E-state index contributed by atoms with van der Waals surface area (Å²) in [7, 11) is 4.55. The number of nitrogens with one attached hydrogen (secondary N) is 1. The van der Waals surface area contributed by atoms with Crippen molar-refractivity contribution in [2.24, 2.45) is 0 Å². The Morgan fingerprint density at radius 2 is 1.63 bits per heavy atom. The Morgan fingerprint density at radius 3 is 2.30 bits per heavy atom. The standard InChI is InChI=1S/C22H26N2O6/c1-28-19-10-9-15(12-18(19)24(26)27)22(25)23-17-7-5-4-6-16(17)14-8-11-20(29-2)21(13-14)30-3/h8-13,16-17H,4-7H2,1-3H3,(H,23,25). The lowest BCUT2D eigenvalue weighted by Gasteiger charge is -2.33. The van der Waals surface area contributed by atoms with Crippen LogP contribution in [0.15, 0.2) is 36.4 Å². The van der Waals surface area contributed by atoms with Gasteiger partial charge in [-0.1, -0.05) is 18.9 Å². The normalized spacial score (nSPS) is 18.4. The first kappa shape index (κ1) is 21.4. The second-order valence-corrected chi connectivity index (χ2v) is 7.23. The van der Waals surface area contributed by atoms with Crippen LogP contribution >= 0.6 is 0 Å². The van der Waals surface area contributed by atoms with Crippen molar-refractivity contribution in [3.05, 3.63) is 57.6 Å². The zero-order valence-corrected chi connectivity index (χ0v) is 17.3. The van der Waals surface area contributed by atoms with Gasteiger partial charge in [0.15, 0.2) is 17.2 Å². The quantitative estimate of drug-likeness (QED) is 0.541. The van der Waals surface area contributed by atoms with E-state index in [4.69, 9.17) is 14.2 Å². The number of amides is 1. The fourth-order valence-electron chi connectivity index (χ4n) is 4.01. The average molecular weight is 414 g/mol. The number of nitro groups is 1. The topological polar surface area (TPSA) is 99.9 Å². The minimum Gasteiger partial charge on any atom is -0.493 e. The molecule has 0 aromatic heterocycles. The predicted octanol–water partition coefficient (Wildman–Crippen LogP) is 4.08. The minimum absolute atomic E-state index is 0.0782. The maximum absolute atomic E-state index is 12.9. The first-order chi connectivity index (χ1) is 14.5. The van der Waals surface area contributed by atoms with E-state index in [-0.39, 0.29) is 34.9 Å². The highest BCUT2D eigenvalue weighted by Crippen LogP contribution is 2.37. The molecular formula is C22H26N2O6. The third-order valence-corrected chi connectivity index (χ3v) is 5.56. The smallest absolute Gasteiger partial charge is 0.311 e. The maximum atomic E-state index is 12.9. The molecule has 0 aliphatic heterocycles.